The number of alkyl halides is 3. The highest BCUT2D eigenvalue weighted by Crippen LogP contribution is 2.25. The summed E-state index contributed by atoms with van der Waals surface area (Å²) in [6.45, 7) is 2.27. The van der Waals surface area contributed by atoms with Crippen molar-refractivity contribution in [3.63, 3.8) is 0 Å². The van der Waals surface area contributed by atoms with Gasteiger partial charge in [0, 0.05) is 43.3 Å². The van der Waals surface area contributed by atoms with Gasteiger partial charge >= 0.3 is 6.36 Å². The van der Waals surface area contributed by atoms with Crippen molar-refractivity contribution in [2.45, 2.75) is 25.9 Å². The molecule has 0 saturated carbocycles. The zero-order valence-corrected chi connectivity index (χ0v) is 13.8. The molecule has 7 heteroatoms. The van der Waals surface area contributed by atoms with Crippen molar-refractivity contribution in [3.8, 4) is 5.75 Å². The smallest absolute Gasteiger partial charge is 0.406 e. The number of hydrogen-bond acceptors (Lipinski definition) is 4. The second-order valence-corrected chi connectivity index (χ2v) is 6.30. The summed E-state index contributed by atoms with van der Waals surface area (Å²) in [5.74, 6) is -0.201. The van der Waals surface area contributed by atoms with E-state index in [2.05, 4.69) is 25.7 Å². The van der Waals surface area contributed by atoms with Gasteiger partial charge in [-0.05, 0) is 41.5 Å². The topological polar surface area (TPSA) is 38.2 Å². The van der Waals surface area contributed by atoms with Crippen molar-refractivity contribution >= 4 is 11.0 Å². The van der Waals surface area contributed by atoms with Gasteiger partial charge in [0.25, 0.3) is 0 Å². The fourth-order valence-electron chi connectivity index (χ4n) is 3.21. The number of pyridine rings is 2. The highest BCUT2D eigenvalue weighted by Gasteiger charge is 2.31. The molecule has 0 unspecified atom stereocenters. The molecule has 0 saturated heterocycles. The predicted molar refractivity (Wildman–Crippen MR) is 90.5 cm³/mol. The summed E-state index contributed by atoms with van der Waals surface area (Å²) in [6, 6.07) is 12.0. The minimum Gasteiger partial charge on any atom is -0.406 e. The molecule has 0 fully saturated rings. The van der Waals surface area contributed by atoms with Crippen molar-refractivity contribution in [1.29, 1.82) is 0 Å². The first-order valence-corrected chi connectivity index (χ1v) is 8.27. The van der Waals surface area contributed by atoms with Crippen LogP contribution in [0.1, 0.15) is 16.8 Å². The Bertz CT molecular complexity index is 925. The molecule has 1 aliphatic heterocycles. The van der Waals surface area contributed by atoms with E-state index in [-0.39, 0.29) is 5.75 Å². The Morgan fingerprint density at radius 2 is 1.92 bits per heavy atom. The molecule has 0 aliphatic carbocycles. The number of aromatic nitrogens is 2. The van der Waals surface area contributed by atoms with Crippen molar-refractivity contribution in [1.82, 2.24) is 14.9 Å². The van der Waals surface area contributed by atoms with Crippen LogP contribution in [0.15, 0.2) is 48.7 Å². The Labute approximate surface area is 148 Å². The van der Waals surface area contributed by atoms with Gasteiger partial charge in [0.1, 0.15) is 5.75 Å². The van der Waals surface area contributed by atoms with Gasteiger partial charge in [-0.2, -0.15) is 0 Å². The number of rotatable bonds is 3. The molecule has 1 aromatic carbocycles. The zero-order valence-electron chi connectivity index (χ0n) is 13.8. The number of benzene rings is 1. The summed E-state index contributed by atoms with van der Waals surface area (Å²) in [7, 11) is 0. The number of ether oxygens (including phenoxy) is 1. The second kappa shape index (κ2) is 6.57. The molecule has 3 heterocycles. The Kier molecular flexibility index (Phi) is 4.24. The highest BCUT2D eigenvalue weighted by atomic mass is 19.4. The van der Waals surface area contributed by atoms with Crippen LogP contribution >= 0.6 is 0 Å². The Morgan fingerprint density at radius 1 is 1.12 bits per heavy atom. The third kappa shape index (κ3) is 3.77. The highest BCUT2D eigenvalue weighted by molar-refractivity contribution is 5.75. The molecule has 134 valence electrons. The second-order valence-electron chi connectivity index (χ2n) is 6.30. The molecular weight excluding hydrogens is 343 g/mol. The largest absolute Gasteiger partial charge is 0.573 e. The summed E-state index contributed by atoms with van der Waals surface area (Å²) < 4.78 is 40.6. The fourth-order valence-corrected chi connectivity index (χ4v) is 3.21. The molecular formula is C19H16F3N3O. The Hall–Kier alpha value is -2.67. The third-order valence-electron chi connectivity index (χ3n) is 4.38. The van der Waals surface area contributed by atoms with Crippen molar-refractivity contribution < 1.29 is 17.9 Å². The number of fused-ring (bicyclic) bond motifs is 2. The van der Waals surface area contributed by atoms with Crippen LogP contribution in [-0.4, -0.2) is 27.8 Å². The van der Waals surface area contributed by atoms with E-state index >= 15 is 0 Å². The van der Waals surface area contributed by atoms with Crippen LogP contribution < -0.4 is 4.74 Å². The molecule has 0 spiro atoms. The van der Waals surface area contributed by atoms with E-state index in [1.54, 1.807) is 18.3 Å². The van der Waals surface area contributed by atoms with Gasteiger partial charge in [-0.15, -0.1) is 13.2 Å². The maximum atomic E-state index is 12.2. The maximum Gasteiger partial charge on any atom is 0.573 e. The molecule has 0 N–H and O–H groups in total. The molecule has 0 atom stereocenters. The molecule has 4 rings (SSSR count). The normalized spacial score (nSPS) is 15.0. The van der Waals surface area contributed by atoms with E-state index < -0.39 is 6.36 Å². The lowest BCUT2D eigenvalue weighted by atomic mass is 10.0. The summed E-state index contributed by atoms with van der Waals surface area (Å²) in [5.41, 5.74) is 3.95. The lowest BCUT2D eigenvalue weighted by molar-refractivity contribution is -0.274. The minimum atomic E-state index is -4.66. The molecule has 0 amide bonds. The number of hydrogen-bond donors (Lipinski definition) is 0. The first-order valence-electron chi connectivity index (χ1n) is 8.27. The fraction of sp³-hybridized carbons (Fsp3) is 0.263. The van der Waals surface area contributed by atoms with Gasteiger partial charge < -0.3 is 4.74 Å². The van der Waals surface area contributed by atoms with Gasteiger partial charge in [-0.3, -0.25) is 4.90 Å². The van der Waals surface area contributed by atoms with Crippen molar-refractivity contribution in [2.75, 3.05) is 6.54 Å². The van der Waals surface area contributed by atoms with E-state index in [1.807, 2.05) is 12.1 Å². The first kappa shape index (κ1) is 16.8. The average Bonchev–Trinajstić information content (AvgIpc) is 2.60. The van der Waals surface area contributed by atoms with Crippen LogP contribution in [0.4, 0.5) is 13.2 Å². The lowest BCUT2D eigenvalue weighted by Gasteiger charge is -2.28. The SMILES string of the molecule is FC(F)(F)Oc1ccc(CN2CCc3nc4ncccc4cc3C2)cc1. The predicted octanol–water partition coefficient (Wildman–Crippen LogP) is 4.09. The zero-order chi connectivity index (χ0) is 18.1. The Balaban J connectivity index is 1.46. The monoisotopic (exact) mass is 359 g/mol. The standard InChI is InChI=1S/C19H16F3N3O/c20-19(21,22)26-16-5-3-13(4-6-16)11-25-9-7-17-15(12-25)10-14-2-1-8-23-18(14)24-17/h1-6,8,10H,7,9,11-12H2. The van der Waals surface area contributed by atoms with Gasteiger partial charge in [0.15, 0.2) is 5.65 Å². The van der Waals surface area contributed by atoms with Gasteiger partial charge in [0.05, 0.1) is 0 Å². The van der Waals surface area contributed by atoms with Gasteiger partial charge in [0.2, 0.25) is 0 Å². The molecule has 26 heavy (non-hydrogen) atoms. The average molecular weight is 359 g/mol. The number of halogens is 3. The molecule has 4 nitrogen and oxygen atoms in total. The molecule has 3 aromatic rings. The van der Waals surface area contributed by atoms with Crippen molar-refractivity contribution in [2.24, 2.45) is 0 Å². The van der Waals surface area contributed by atoms with Crippen LogP contribution in [-0.2, 0) is 19.5 Å². The maximum absolute atomic E-state index is 12.2. The number of nitrogens with zero attached hydrogens (tertiary/aromatic N) is 3. The molecule has 0 bridgehead atoms. The van der Waals surface area contributed by atoms with Gasteiger partial charge in [-0.1, -0.05) is 12.1 Å². The van der Waals surface area contributed by atoms with Crippen molar-refractivity contribution in [3.05, 3.63) is 65.5 Å². The summed E-state index contributed by atoms with van der Waals surface area (Å²) in [5, 5.41) is 1.02. The quantitative estimate of drug-likeness (QED) is 0.706. The van der Waals surface area contributed by atoms with E-state index in [1.165, 1.54) is 17.7 Å². The third-order valence-corrected chi connectivity index (χ3v) is 4.38. The summed E-state index contributed by atoms with van der Waals surface area (Å²) in [4.78, 5) is 11.2. The minimum absolute atomic E-state index is 0.201. The first-order chi connectivity index (χ1) is 12.5. The van der Waals surface area contributed by atoms with Crippen LogP contribution in [0.2, 0.25) is 0 Å². The Morgan fingerprint density at radius 3 is 2.69 bits per heavy atom. The molecule has 2 aromatic heterocycles. The summed E-state index contributed by atoms with van der Waals surface area (Å²) >= 11 is 0. The lowest BCUT2D eigenvalue weighted by Crippen LogP contribution is -2.30. The van der Waals surface area contributed by atoms with Crippen LogP contribution in [0, 0.1) is 0 Å². The molecule has 0 radical (unpaired) electrons. The van der Waals surface area contributed by atoms with E-state index in [0.717, 1.165) is 41.8 Å². The van der Waals surface area contributed by atoms with E-state index in [4.69, 9.17) is 0 Å². The van der Waals surface area contributed by atoms with Crippen LogP contribution in [0.3, 0.4) is 0 Å². The van der Waals surface area contributed by atoms with Crippen LogP contribution in [0.5, 0.6) is 5.75 Å². The molecule has 1 aliphatic rings. The van der Waals surface area contributed by atoms with E-state index in [9.17, 15) is 13.2 Å². The van der Waals surface area contributed by atoms with Crippen LogP contribution in [0.25, 0.3) is 11.0 Å². The van der Waals surface area contributed by atoms with E-state index in [0.29, 0.717) is 6.54 Å². The van der Waals surface area contributed by atoms with Gasteiger partial charge in [-0.25, -0.2) is 9.97 Å². The summed E-state index contributed by atoms with van der Waals surface area (Å²) in [6.07, 6.45) is -2.09.